The largest absolute Gasteiger partial charge is 0.488 e. The van der Waals surface area contributed by atoms with E-state index in [-0.39, 0.29) is 6.10 Å². The number of anilines is 2. The molecule has 5 nitrogen and oxygen atoms in total. The monoisotopic (exact) mass is 359 g/mol. The Morgan fingerprint density at radius 3 is 2.64 bits per heavy atom. The van der Waals surface area contributed by atoms with Gasteiger partial charge in [0.15, 0.2) is 0 Å². The van der Waals surface area contributed by atoms with E-state index in [2.05, 4.69) is 17.9 Å². The number of nitrogens with two attached hydrogens (primary N) is 2. The number of nitrogen functional groups attached to an aromatic ring is 2. The highest BCUT2D eigenvalue weighted by atomic mass is 32.2. The summed E-state index contributed by atoms with van der Waals surface area (Å²) in [5.41, 5.74) is 12.9. The third-order valence-corrected chi connectivity index (χ3v) is 5.13. The van der Waals surface area contributed by atoms with Gasteiger partial charge in [-0.2, -0.15) is 0 Å². The number of ether oxygens (including phenoxy) is 2. The van der Waals surface area contributed by atoms with E-state index in [0.717, 1.165) is 48.4 Å². The summed E-state index contributed by atoms with van der Waals surface area (Å²) in [6, 6.07) is 13.8. The lowest BCUT2D eigenvalue weighted by Crippen LogP contribution is -2.41. The van der Waals surface area contributed by atoms with Crippen LogP contribution < -0.4 is 16.2 Å². The van der Waals surface area contributed by atoms with Gasteiger partial charge < -0.3 is 20.9 Å². The van der Waals surface area contributed by atoms with Crippen molar-refractivity contribution in [2.75, 3.05) is 44.3 Å². The molecule has 25 heavy (non-hydrogen) atoms. The van der Waals surface area contributed by atoms with Gasteiger partial charge in [0.25, 0.3) is 0 Å². The average molecular weight is 359 g/mol. The van der Waals surface area contributed by atoms with Crippen LogP contribution >= 0.6 is 11.8 Å². The summed E-state index contributed by atoms with van der Waals surface area (Å²) in [7, 11) is 0. The van der Waals surface area contributed by atoms with Crippen LogP contribution in [0.5, 0.6) is 5.75 Å². The number of hydrogen-bond donors (Lipinski definition) is 2. The van der Waals surface area contributed by atoms with E-state index >= 15 is 0 Å². The molecule has 0 aliphatic carbocycles. The van der Waals surface area contributed by atoms with E-state index in [1.165, 1.54) is 0 Å². The molecule has 0 radical (unpaired) electrons. The highest BCUT2D eigenvalue weighted by Gasteiger charge is 2.16. The molecule has 3 rings (SSSR count). The first kappa shape index (κ1) is 17.9. The van der Waals surface area contributed by atoms with E-state index in [1.54, 1.807) is 11.8 Å². The lowest BCUT2D eigenvalue weighted by Gasteiger charge is -2.29. The van der Waals surface area contributed by atoms with Gasteiger partial charge in [-0.3, -0.25) is 4.90 Å². The lowest BCUT2D eigenvalue weighted by molar-refractivity contribution is 0.0215. The van der Waals surface area contributed by atoms with E-state index in [0.29, 0.717) is 11.4 Å². The van der Waals surface area contributed by atoms with Crippen molar-refractivity contribution < 1.29 is 9.47 Å². The van der Waals surface area contributed by atoms with Crippen molar-refractivity contribution in [2.24, 2.45) is 0 Å². The van der Waals surface area contributed by atoms with E-state index < -0.39 is 0 Å². The van der Waals surface area contributed by atoms with Gasteiger partial charge in [-0.25, -0.2) is 0 Å². The maximum atomic E-state index is 6.22. The molecule has 1 aliphatic heterocycles. The Bertz CT molecular complexity index is 705. The fraction of sp³-hybridized carbons (Fsp3) is 0.368. The molecule has 1 atom stereocenters. The lowest BCUT2D eigenvalue weighted by atomic mass is 10.3. The van der Waals surface area contributed by atoms with Gasteiger partial charge >= 0.3 is 0 Å². The summed E-state index contributed by atoms with van der Waals surface area (Å²) >= 11 is 1.63. The minimum absolute atomic E-state index is 0.108. The van der Waals surface area contributed by atoms with Crippen LogP contribution in [0.2, 0.25) is 0 Å². The maximum absolute atomic E-state index is 6.22. The summed E-state index contributed by atoms with van der Waals surface area (Å²) in [6.45, 7) is 6.55. The summed E-state index contributed by atoms with van der Waals surface area (Å²) < 4.78 is 11.6. The van der Waals surface area contributed by atoms with Crippen molar-refractivity contribution in [3.05, 3.63) is 42.5 Å². The third kappa shape index (κ3) is 5.04. The van der Waals surface area contributed by atoms with Gasteiger partial charge in [0, 0.05) is 24.5 Å². The second-order valence-corrected chi connectivity index (χ2v) is 7.30. The summed E-state index contributed by atoms with van der Waals surface area (Å²) in [5.74, 6) is 0.892. The molecule has 0 amide bonds. The summed E-state index contributed by atoms with van der Waals surface area (Å²) in [6.07, 6.45) is 0.108. The molecule has 6 heteroatoms. The topological polar surface area (TPSA) is 73.7 Å². The van der Waals surface area contributed by atoms with Crippen LogP contribution in [0, 0.1) is 0 Å². The van der Waals surface area contributed by atoms with E-state index in [9.17, 15) is 0 Å². The fourth-order valence-electron chi connectivity index (χ4n) is 2.78. The fourth-order valence-corrected chi connectivity index (χ4v) is 3.72. The van der Waals surface area contributed by atoms with E-state index in [4.69, 9.17) is 20.9 Å². The molecule has 4 N–H and O–H groups in total. The summed E-state index contributed by atoms with van der Waals surface area (Å²) in [4.78, 5) is 4.49. The predicted octanol–water partition coefficient (Wildman–Crippen LogP) is 3.10. The van der Waals surface area contributed by atoms with Gasteiger partial charge in [0.1, 0.15) is 11.9 Å². The molecule has 0 aromatic heterocycles. The normalized spacial score (nSPS) is 16.5. The average Bonchev–Trinajstić information content (AvgIpc) is 2.61. The van der Waals surface area contributed by atoms with Crippen molar-refractivity contribution in [3.63, 3.8) is 0 Å². The molecule has 0 spiro atoms. The van der Waals surface area contributed by atoms with Gasteiger partial charge in [-0.15, -0.1) is 0 Å². The number of para-hydroxylation sites is 1. The van der Waals surface area contributed by atoms with Gasteiger partial charge in [0.05, 0.1) is 29.5 Å². The van der Waals surface area contributed by atoms with Crippen molar-refractivity contribution in [1.82, 2.24) is 4.90 Å². The van der Waals surface area contributed by atoms with Crippen LogP contribution in [-0.2, 0) is 4.74 Å². The number of morpholine rings is 1. The van der Waals surface area contributed by atoms with Crippen molar-refractivity contribution in [1.29, 1.82) is 0 Å². The Hall–Kier alpha value is -1.89. The first-order valence-electron chi connectivity index (χ1n) is 8.50. The van der Waals surface area contributed by atoms with Crippen molar-refractivity contribution in [2.45, 2.75) is 22.8 Å². The Morgan fingerprint density at radius 1 is 1.12 bits per heavy atom. The molecule has 1 unspecified atom stereocenters. The minimum atomic E-state index is 0.108. The van der Waals surface area contributed by atoms with Crippen molar-refractivity contribution >= 4 is 23.1 Å². The summed E-state index contributed by atoms with van der Waals surface area (Å²) in [5, 5.41) is 0. The van der Waals surface area contributed by atoms with Crippen LogP contribution in [-0.4, -0.2) is 43.9 Å². The number of hydrogen-bond acceptors (Lipinski definition) is 6. The molecular formula is C19H25N3O2S. The van der Waals surface area contributed by atoms with Gasteiger partial charge in [-0.1, -0.05) is 23.9 Å². The van der Waals surface area contributed by atoms with Crippen LogP contribution in [0.3, 0.4) is 0 Å². The van der Waals surface area contributed by atoms with Crippen molar-refractivity contribution in [3.8, 4) is 5.75 Å². The molecule has 0 saturated carbocycles. The third-order valence-electron chi connectivity index (χ3n) is 4.08. The predicted molar refractivity (Wildman–Crippen MR) is 103 cm³/mol. The molecule has 134 valence electrons. The minimum Gasteiger partial charge on any atom is -0.488 e. The zero-order valence-corrected chi connectivity index (χ0v) is 15.3. The first-order valence-corrected chi connectivity index (χ1v) is 9.32. The first-order chi connectivity index (χ1) is 12.1. The number of rotatable bonds is 6. The highest BCUT2D eigenvalue weighted by molar-refractivity contribution is 7.99. The molecule has 2 aromatic carbocycles. The zero-order valence-electron chi connectivity index (χ0n) is 14.5. The second kappa shape index (κ2) is 8.47. The molecule has 0 bridgehead atoms. The molecule has 1 fully saturated rings. The molecule has 2 aromatic rings. The number of benzene rings is 2. The Morgan fingerprint density at radius 2 is 1.88 bits per heavy atom. The standard InChI is InChI=1S/C19H25N3O2S/c1-14(13-22-8-10-23-11-9-22)24-18-4-2-3-5-19(18)25-15-6-7-16(20)17(21)12-15/h2-7,12,14H,8-11,13,20-21H2,1H3. The van der Waals surface area contributed by atoms with Gasteiger partial charge in [0.2, 0.25) is 0 Å². The smallest absolute Gasteiger partial charge is 0.133 e. The van der Waals surface area contributed by atoms with Crippen LogP contribution in [0.1, 0.15) is 6.92 Å². The molecule has 1 saturated heterocycles. The Kier molecular flexibility index (Phi) is 6.07. The molecule has 1 aliphatic rings. The maximum Gasteiger partial charge on any atom is 0.133 e. The Balaban J connectivity index is 1.66. The highest BCUT2D eigenvalue weighted by Crippen LogP contribution is 2.36. The molecular weight excluding hydrogens is 334 g/mol. The SMILES string of the molecule is CC(CN1CCOCC1)Oc1ccccc1Sc1ccc(N)c(N)c1. The van der Waals surface area contributed by atoms with Crippen LogP contribution in [0.4, 0.5) is 11.4 Å². The second-order valence-electron chi connectivity index (χ2n) is 6.18. The quantitative estimate of drug-likeness (QED) is 0.772. The molecule has 1 heterocycles. The van der Waals surface area contributed by atoms with E-state index in [1.807, 2.05) is 36.4 Å². The Labute approximate surface area is 153 Å². The zero-order chi connectivity index (χ0) is 17.6. The van der Waals surface area contributed by atoms with Gasteiger partial charge in [-0.05, 0) is 37.3 Å². The van der Waals surface area contributed by atoms with Crippen LogP contribution in [0.25, 0.3) is 0 Å². The number of nitrogens with zero attached hydrogens (tertiary/aromatic N) is 1. The van der Waals surface area contributed by atoms with Crippen LogP contribution in [0.15, 0.2) is 52.3 Å².